The third-order valence-electron chi connectivity index (χ3n) is 10.3. The van der Waals surface area contributed by atoms with Gasteiger partial charge in [0, 0.05) is 29.5 Å². The van der Waals surface area contributed by atoms with Gasteiger partial charge < -0.3 is 29.7 Å². The van der Waals surface area contributed by atoms with Crippen LogP contribution in [0.1, 0.15) is 52.9 Å². The number of hydrogen-bond donors (Lipinski definition) is 3. The molecular weight excluding hydrogens is 722 g/mol. The highest BCUT2D eigenvalue weighted by Crippen LogP contribution is 2.47. The van der Waals surface area contributed by atoms with Gasteiger partial charge in [-0.2, -0.15) is 0 Å². The van der Waals surface area contributed by atoms with Gasteiger partial charge in [-0.3, -0.25) is 19.1 Å². The summed E-state index contributed by atoms with van der Waals surface area (Å²) in [4.78, 5) is 60.8. The van der Waals surface area contributed by atoms with Crippen LogP contribution >= 0.6 is 0 Å². The van der Waals surface area contributed by atoms with Crippen molar-refractivity contribution in [1.29, 1.82) is 0 Å². The topological polar surface area (TPSA) is 182 Å². The van der Waals surface area contributed by atoms with Crippen LogP contribution < -0.4 is 24.8 Å². The lowest BCUT2D eigenvalue weighted by atomic mass is 10.0. The molecule has 3 fully saturated rings. The van der Waals surface area contributed by atoms with Crippen LogP contribution in [0.3, 0.4) is 0 Å². The van der Waals surface area contributed by atoms with Crippen LogP contribution in [0.15, 0.2) is 54.6 Å². The minimum Gasteiger partial charge on any atom is -0.497 e. The second-order valence-corrected chi connectivity index (χ2v) is 16.3. The molecule has 2 aromatic carbocycles. The van der Waals surface area contributed by atoms with E-state index in [1.807, 2.05) is 43.3 Å². The van der Waals surface area contributed by atoms with E-state index in [9.17, 15) is 32.0 Å². The third kappa shape index (κ3) is 8.22. The van der Waals surface area contributed by atoms with Crippen LogP contribution in [0.4, 0.5) is 9.18 Å². The number of nitrogens with one attached hydrogen (secondary N) is 3. The predicted octanol–water partition coefficient (Wildman–Crippen LogP) is 3.87. The van der Waals surface area contributed by atoms with E-state index in [-0.39, 0.29) is 25.3 Å². The lowest BCUT2D eigenvalue weighted by Gasteiger charge is -2.31. The third-order valence-corrected chi connectivity index (χ3v) is 12.1. The highest BCUT2D eigenvalue weighted by Gasteiger charge is 2.62. The highest BCUT2D eigenvalue weighted by molar-refractivity contribution is 7.91. The molecule has 3 aromatic rings. The Kier molecular flexibility index (Phi) is 11.3. The first kappa shape index (κ1) is 38.7. The van der Waals surface area contributed by atoms with Gasteiger partial charge in [0.15, 0.2) is 0 Å². The van der Waals surface area contributed by atoms with Gasteiger partial charge in [0.25, 0.3) is 5.91 Å². The monoisotopic (exact) mass is 767 g/mol. The number of fused-ring (bicyclic) bond motifs is 1. The van der Waals surface area contributed by atoms with Gasteiger partial charge >= 0.3 is 6.09 Å². The summed E-state index contributed by atoms with van der Waals surface area (Å²) in [5, 5.41) is 5.36. The van der Waals surface area contributed by atoms with E-state index in [1.165, 1.54) is 4.90 Å². The number of halogens is 1. The van der Waals surface area contributed by atoms with E-state index in [0.29, 0.717) is 47.4 Å². The number of rotatable bonds is 15. The van der Waals surface area contributed by atoms with Crippen molar-refractivity contribution < 1.29 is 46.2 Å². The molecule has 290 valence electrons. The smallest absolute Gasteiger partial charge is 0.407 e. The fraction of sp³-hybridized carbons (Fsp3) is 0.500. The molecule has 6 rings (SSSR count). The molecule has 0 bridgehead atoms. The van der Waals surface area contributed by atoms with Gasteiger partial charge in [0.1, 0.15) is 48.5 Å². The summed E-state index contributed by atoms with van der Waals surface area (Å²) in [6, 6.07) is 14.3. The molecule has 1 aromatic heterocycles. The summed E-state index contributed by atoms with van der Waals surface area (Å²) in [6.07, 6.45) is -0.0830. The number of alkyl carbamates (subject to hydrolysis) is 1. The molecule has 0 spiro atoms. The van der Waals surface area contributed by atoms with Crippen molar-refractivity contribution in [3.05, 3.63) is 54.6 Å². The number of methoxy groups -OCH3 is 1. The first-order chi connectivity index (χ1) is 25.8. The molecule has 4 amide bonds. The number of amides is 4. The average Bonchev–Trinajstić information content (AvgIpc) is 4.09. The van der Waals surface area contributed by atoms with Crippen molar-refractivity contribution in [2.75, 3.05) is 26.9 Å². The van der Waals surface area contributed by atoms with Crippen molar-refractivity contribution in [2.24, 2.45) is 11.8 Å². The zero-order valence-electron chi connectivity index (χ0n) is 30.7. The molecule has 3 aliphatic rings. The van der Waals surface area contributed by atoms with E-state index >= 15 is 0 Å². The van der Waals surface area contributed by atoms with Crippen LogP contribution in [0, 0.1) is 11.8 Å². The molecule has 2 saturated carbocycles. The molecule has 5 atom stereocenters. The molecule has 5 unspecified atom stereocenters. The number of carbonyl (C=O) groups is 4. The molecule has 2 aliphatic carbocycles. The Morgan fingerprint density at radius 3 is 2.44 bits per heavy atom. The Bertz CT molecular complexity index is 2010. The van der Waals surface area contributed by atoms with Gasteiger partial charge in [-0.25, -0.2) is 22.6 Å². The van der Waals surface area contributed by atoms with Crippen molar-refractivity contribution in [2.45, 2.75) is 81.9 Å². The number of carbonyl (C=O) groups excluding carboxylic acids is 4. The van der Waals surface area contributed by atoms with E-state index in [1.54, 1.807) is 39.2 Å². The largest absolute Gasteiger partial charge is 0.497 e. The quantitative estimate of drug-likeness (QED) is 0.205. The summed E-state index contributed by atoms with van der Waals surface area (Å²) < 4.78 is 57.3. The zero-order valence-corrected chi connectivity index (χ0v) is 31.5. The molecule has 0 radical (unpaired) electrons. The van der Waals surface area contributed by atoms with Crippen LogP contribution in [0.25, 0.3) is 22.2 Å². The molecule has 3 N–H and O–H groups in total. The first-order valence-electron chi connectivity index (χ1n) is 18.2. The SMILES string of the molecule is CCC1CC1(NC(=O)C1CC(Oc2cc(-c3ccccc3)nc3cc(OC)ccc23)CN1C(=O)C(NC(=O)OCCF)C(C)C)C(=O)NS(=O)(=O)C1CC1. The summed E-state index contributed by atoms with van der Waals surface area (Å²) in [5.74, 6) is -1.83. The summed E-state index contributed by atoms with van der Waals surface area (Å²) in [5.41, 5.74) is 0.574. The van der Waals surface area contributed by atoms with Gasteiger partial charge in [-0.15, -0.1) is 0 Å². The molecule has 16 heteroatoms. The Labute approximate surface area is 313 Å². The van der Waals surface area contributed by atoms with Crippen LogP contribution in [0.5, 0.6) is 11.5 Å². The molecule has 54 heavy (non-hydrogen) atoms. The summed E-state index contributed by atoms with van der Waals surface area (Å²) in [6.45, 7) is 3.78. The van der Waals surface area contributed by atoms with E-state index in [2.05, 4.69) is 15.4 Å². The highest BCUT2D eigenvalue weighted by atomic mass is 32.2. The predicted molar refractivity (Wildman–Crippen MR) is 197 cm³/mol. The lowest BCUT2D eigenvalue weighted by Crippen LogP contribution is -2.59. The van der Waals surface area contributed by atoms with Crippen LogP contribution in [-0.4, -0.2) is 98.0 Å². The number of likely N-dealkylation sites (tertiary alicyclic amines) is 1. The Morgan fingerprint density at radius 2 is 1.81 bits per heavy atom. The maximum atomic E-state index is 14.3. The van der Waals surface area contributed by atoms with E-state index in [0.717, 1.165) is 5.56 Å². The van der Waals surface area contributed by atoms with Crippen LogP contribution in [0.2, 0.25) is 0 Å². The van der Waals surface area contributed by atoms with Crippen molar-refractivity contribution >= 4 is 44.7 Å². The number of aromatic nitrogens is 1. The molecule has 2 heterocycles. The second kappa shape index (κ2) is 15.8. The summed E-state index contributed by atoms with van der Waals surface area (Å²) >= 11 is 0. The molecule has 1 aliphatic heterocycles. The van der Waals surface area contributed by atoms with Crippen molar-refractivity contribution in [3.63, 3.8) is 0 Å². The van der Waals surface area contributed by atoms with Gasteiger partial charge in [0.2, 0.25) is 21.8 Å². The normalized spacial score (nSPS) is 22.7. The Balaban J connectivity index is 1.32. The molecule has 1 saturated heterocycles. The summed E-state index contributed by atoms with van der Waals surface area (Å²) in [7, 11) is -2.34. The minimum atomic E-state index is -3.89. The lowest BCUT2D eigenvalue weighted by molar-refractivity contribution is -0.141. The average molecular weight is 768 g/mol. The van der Waals surface area contributed by atoms with Crippen LogP contribution in [-0.2, 0) is 29.1 Å². The number of hydrogen-bond acceptors (Lipinski definition) is 10. The van der Waals surface area contributed by atoms with Gasteiger partial charge in [-0.05, 0) is 43.2 Å². The Hall–Kier alpha value is -4.99. The number of alkyl halides is 1. The van der Waals surface area contributed by atoms with Gasteiger partial charge in [0.05, 0.1) is 30.1 Å². The Morgan fingerprint density at radius 1 is 1.07 bits per heavy atom. The van der Waals surface area contributed by atoms with Crippen molar-refractivity contribution in [1.82, 2.24) is 25.2 Å². The van der Waals surface area contributed by atoms with E-state index < -0.39 is 82.0 Å². The standard InChI is InChI=1S/C38H46FN5O9S/c1-5-24-20-38(24,36(47)43-54(49,50)27-12-13-27)42-34(45)31-18-26(21-44(31)35(46)33(22(2)3)41-37(48)52-16-15-39)53-32-19-29(23-9-7-6-8-10-23)40-30-17-25(51-4)11-14-28(30)32/h6-11,14,17,19,22,24,26-27,31,33H,5,12-13,15-16,18,20-21H2,1-4H3,(H,41,48)(H,42,45)(H,43,47). The number of nitrogens with zero attached hydrogens (tertiary/aromatic N) is 2. The fourth-order valence-corrected chi connectivity index (χ4v) is 8.36. The molecule has 14 nitrogen and oxygen atoms in total. The van der Waals surface area contributed by atoms with Gasteiger partial charge in [-0.1, -0.05) is 57.5 Å². The number of sulfonamides is 1. The number of ether oxygens (including phenoxy) is 3. The van der Waals surface area contributed by atoms with Crippen molar-refractivity contribution in [3.8, 4) is 22.8 Å². The number of benzene rings is 2. The second-order valence-electron chi connectivity index (χ2n) is 14.4. The number of pyridine rings is 1. The fourth-order valence-electron chi connectivity index (χ4n) is 7.00. The minimum absolute atomic E-state index is 0.00416. The maximum absolute atomic E-state index is 14.3. The van der Waals surface area contributed by atoms with E-state index in [4.69, 9.17) is 19.2 Å². The molecular formula is C38H46FN5O9S. The first-order valence-corrected chi connectivity index (χ1v) is 19.7. The maximum Gasteiger partial charge on any atom is 0.407 e. The zero-order chi connectivity index (χ0) is 38.8.